The summed E-state index contributed by atoms with van der Waals surface area (Å²) in [6, 6.07) is 14.6. The Bertz CT molecular complexity index is 1140. The van der Waals surface area contributed by atoms with Crippen molar-refractivity contribution in [2.45, 2.75) is 11.4 Å². The Morgan fingerprint density at radius 3 is 2.39 bits per heavy atom. The van der Waals surface area contributed by atoms with Gasteiger partial charge in [-0.2, -0.15) is 5.10 Å². The van der Waals surface area contributed by atoms with Gasteiger partial charge < -0.3 is 9.88 Å². The monoisotopic (exact) mass is 417 g/mol. The van der Waals surface area contributed by atoms with Gasteiger partial charge in [0.2, 0.25) is 0 Å². The van der Waals surface area contributed by atoms with Gasteiger partial charge in [0.25, 0.3) is 15.9 Å². The van der Waals surface area contributed by atoms with Crippen molar-refractivity contribution < 1.29 is 13.2 Å². The SMILES string of the molecule is CN(c1ccccc1)S(=O)(=O)c1ccc(C(=O)NCc2n[nH]c(=S)n2C)cc1. The second-order valence-electron chi connectivity index (χ2n) is 6.02. The average molecular weight is 418 g/mol. The van der Waals surface area contributed by atoms with Crippen LogP contribution in [0.1, 0.15) is 16.2 Å². The molecule has 2 aromatic carbocycles. The number of benzene rings is 2. The average Bonchev–Trinajstić information content (AvgIpc) is 3.04. The Labute approximate surface area is 167 Å². The minimum atomic E-state index is -3.72. The minimum Gasteiger partial charge on any atom is -0.345 e. The van der Waals surface area contributed by atoms with Crippen molar-refractivity contribution in [3.8, 4) is 0 Å². The molecule has 1 heterocycles. The van der Waals surface area contributed by atoms with Crippen molar-refractivity contribution in [3.63, 3.8) is 0 Å². The molecule has 10 heteroatoms. The molecule has 0 saturated heterocycles. The number of nitrogens with one attached hydrogen (secondary N) is 2. The van der Waals surface area contributed by atoms with Crippen LogP contribution < -0.4 is 9.62 Å². The number of sulfonamides is 1. The summed E-state index contributed by atoms with van der Waals surface area (Å²) in [6.45, 7) is 0.194. The predicted octanol–water partition coefficient (Wildman–Crippen LogP) is 2.23. The molecule has 1 aromatic heterocycles. The Morgan fingerprint density at radius 1 is 1.18 bits per heavy atom. The lowest BCUT2D eigenvalue weighted by Gasteiger charge is -2.19. The van der Waals surface area contributed by atoms with Crippen molar-refractivity contribution in [3.05, 3.63) is 70.8 Å². The molecule has 1 amide bonds. The van der Waals surface area contributed by atoms with E-state index in [2.05, 4.69) is 15.5 Å². The Kier molecular flexibility index (Phi) is 5.61. The number of carbonyl (C=O) groups is 1. The molecule has 0 atom stereocenters. The lowest BCUT2D eigenvalue weighted by Crippen LogP contribution is -2.27. The van der Waals surface area contributed by atoms with E-state index in [0.29, 0.717) is 21.8 Å². The molecule has 3 aromatic rings. The van der Waals surface area contributed by atoms with E-state index in [9.17, 15) is 13.2 Å². The highest BCUT2D eigenvalue weighted by Gasteiger charge is 2.21. The third-order valence-electron chi connectivity index (χ3n) is 4.27. The van der Waals surface area contributed by atoms with Crippen LogP contribution in [0, 0.1) is 4.77 Å². The second kappa shape index (κ2) is 7.95. The van der Waals surface area contributed by atoms with Crippen molar-refractivity contribution in [1.82, 2.24) is 20.1 Å². The maximum Gasteiger partial charge on any atom is 0.264 e. The third kappa shape index (κ3) is 3.97. The summed E-state index contributed by atoms with van der Waals surface area (Å²) >= 11 is 5.02. The summed E-state index contributed by atoms with van der Waals surface area (Å²) in [6.07, 6.45) is 0. The summed E-state index contributed by atoms with van der Waals surface area (Å²) in [4.78, 5) is 12.4. The predicted molar refractivity (Wildman–Crippen MR) is 108 cm³/mol. The van der Waals surface area contributed by atoms with Crippen LogP contribution in [-0.4, -0.2) is 36.1 Å². The van der Waals surface area contributed by atoms with E-state index in [1.54, 1.807) is 35.9 Å². The largest absolute Gasteiger partial charge is 0.345 e. The topological polar surface area (TPSA) is 100 Å². The Morgan fingerprint density at radius 2 is 1.82 bits per heavy atom. The highest BCUT2D eigenvalue weighted by Crippen LogP contribution is 2.21. The fraction of sp³-hybridized carbons (Fsp3) is 0.167. The molecule has 146 valence electrons. The molecule has 8 nitrogen and oxygen atoms in total. The molecular weight excluding hydrogens is 398 g/mol. The van der Waals surface area contributed by atoms with Crippen LogP contribution in [0.5, 0.6) is 0 Å². The molecule has 0 bridgehead atoms. The first-order chi connectivity index (χ1) is 13.3. The lowest BCUT2D eigenvalue weighted by atomic mass is 10.2. The number of rotatable bonds is 6. The van der Waals surface area contributed by atoms with E-state index < -0.39 is 10.0 Å². The smallest absolute Gasteiger partial charge is 0.264 e. The van der Waals surface area contributed by atoms with Gasteiger partial charge in [-0.1, -0.05) is 18.2 Å². The van der Waals surface area contributed by atoms with E-state index in [-0.39, 0.29) is 17.3 Å². The van der Waals surface area contributed by atoms with Gasteiger partial charge in [0.05, 0.1) is 17.1 Å². The quantitative estimate of drug-likeness (QED) is 0.599. The Hall–Kier alpha value is -2.98. The van der Waals surface area contributed by atoms with Crippen molar-refractivity contribution in [1.29, 1.82) is 0 Å². The molecule has 0 radical (unpaired) electrons. The molecule has 28 heavy (non-hydrogen) atoms. The van der Waals surface area contributed by atoms with Crippen molar-refractivity contribution >= 4 is 33.8 Å². The number of hydrogen-bond donors (Lipinski definition) is 2. The van der Waals surface area contributed by atoms with Gasteiger partial charge in [-0.25, -0.2) is 8.42 Å². The van der Waals surface area contributed by atoms with Crippen LogP contribution in [0.25, 0.3) is 0 Å². The van der Waals surface area contributed by atoms with Crippen LogP contribution in [0.15, 0.2) is 59.5 Å². The number of aromatic nitrogens is 3. The molecule has 0 fully saturated rings. The minimum absolute atomic E-state index is 0.102. The molecular formula is C18H19N5O3S2. The zero-order chi connectivity index (χ0) is 20.3. The highest BCUT2D eigenvalue weighted by molar-refractivity contribution is 7.92. The summed E-state index contributed by atoms with van der Waals surface area (Å²) in [5.41, 5.74) is 0.899. The highest BCUT2D eigenvalue weighted by atomic mass is 32.2. The summed E-state index contributed by atoms with van der Waals surface area (Å²) in [5, 5.41) is 9.39. The Balaban J connectivity index is 1.72. The van der Waals surface area contributed by atoms with E-state index in [4.69, 9.17) is 12.2 Å². The van der Waals surface area contributed by atoms with E-state index in [0.717, 1.165) is 0 Å². The van der Waals surface area contributed by atoms with Crippen LogP contribution in [0.3, 0.4) is 0 Å². The molecule has 0 spiro atoms. The van der Waals surface area contributed by atoms with Crippen LogP contribution in [-0.2, 0) is 23.6 Å². The van der Waals surface area contributed by atoms with E-state index in [1.165, 1.54) is 35.6 Å². The molecule has 0 aliphatic heterocycles. The zero-order valence-corrected chi connectivity index (χ0v) is 16.9. The number of hydrogen-bond acceptors (Lipinski definition) is 5. The van der Waals surface area contributed by atoms with Crippen molar-refractivity contribution in [2.75, 3.05) is 11.4 Å². The first-order valence-electron chi connectivity index (χ1n) is 8.33. The normalized spacial score (nSPS) is 11.2. The van der Waals surface area contributed by atoms with E-state index >= 15 is 0 Å². The number of H-pyrrole nitrogens is 1. The fourth-order valence-corrected chi connectivity index (χ4v) is 3.86. The molecule has 0 aliphatic carbocycles. The standard InChI is InChI=1S/C18H19N5O3S2/c1-22-16(20-21-18(22)27)12-19-17(24)13-8-10-15(11-9-13)28(25,26)23(2)14-6-4-3-5-7-14/h3-11H,12H2,1-2H3,(H,19,24)(H,21,27). The number of carbonyl (C=O) groups excluding carboxylic acids is 1. The first-order valence-corrected chi connectivity index (χ1v) is 10.2. The van der Waals surface area contributed by atoms with Crippen LogP contribution in [0.2, 0.25) is 0 Å². The van der Waals surface area contributed by atoms with Crippen LogP contribution >= 0.6 is 12.2 Å². The van der Waals surface area contributed by atoms with Crippen molar-refractivity contribution in [2.24, 2.45) is 7.05 Å². The maximum absolute atomic E-state index is 12.8. The number of aromatic amines is 1. The number of amides is 1. The number of nitrogens with zero attached hydrogens (tertiary/aromatic N) is 3. The number of para-hydroxylation sites is 1. The molecule has 0 unspecified atom stereocenters. The van der Waals surface area contributed by atoms with Gasteiger partial charge in [-0.3, -0.25) is 14.2 Å². The summed E-state index contributed by atoms with van der Waals surface area (Å²) < 4.78 is 28.8. The first kappa shape index (κ1) is 19.8. The second-order valence-corrected chi connectivity index (χ2v) is 8.38. The molecule has 0 saturated carbocycles. The number of anilines is 1. The van der Waals surface area contributed by atoms with E-state index in [1.807, 2.05) is 6.07 Å². The van der Waals surface area contributed by atoms with Gasteiger partial charge >= 0.3 is 0 Å². The van der Waals surface area contributed by atoms with Gasteiger partial charge in [0.15, 0.2) is 10.6 Å². The van der Waals surface area contributed by atoms with Gasteiger partial charge in [0.1, 0.15) is 0 Å². The molecule has 3 rings (SSSR count). The fourth-order valence-electron chi connectivity index (χ4n) is 2.51. The summed E-state index contributed by atoms with van der Waals surface area (Å²) in [7, 11) is -0.485. The third-order valence-corrected chi connectivity index (χ3v) is 6.44. The van der Waals surface area contributed by atoms with Gasteiger partial charge in [0, 0.05) is 19.7 Å². The molecule has 0 aliphatic rings. The van der Waals surface area contributed by atoms with Crippen LogP contribution in [0.4, 0.5) is 5.69 Å². The maximum atomic E-state index is 12.8. The summed E-state index contributed by atoms with van der Waals surface area (Å²) in [5.74, 6) is 0.247. The van der Waals surface area contributed by atoms with Gasteiger partial charge in [-0.15, -0.1) is 0 Å². The lowest BCUT2D eigenvalue weighted by molar-refractivity contribution is 0.0949. The van der Waals surface area contributed by atoms with Gasteiger partial charge in [-0.05, 0) is 48.6 Å². The zero-order valence-electron chi connectivity index (χ0n) is 15.3. The molecule has 2 N–H and O–H groups in total.